The zero-order valence-electron chi connectivity index (χ0n) is 12.8. The van der Waals surface area contributed by atoms with Gasteiger partial charge >= 0.3 is 0 Å². The quantitative estimate of drug-likeness (QED) is 0.809. The normalized spacial score (nSPS) is 14.0. The van der Waals surface area contributed by atoms with Crippen LogP contribution in [-0.2, 0) is 0 Å². The van der Waals surface area contributed by atoms with E-state index in [1.165, 1.54) is 16.1 Å². The number of hydrogen-bond donors (Lipinski definition) is 1. The summed E-state index contributed by atoms with van der Waals surface area (Å²) in [6, 6.07) is 12.9. The molecule has 1 aromatic heterocycles. The molecule has 4 heteroatoms. The fourth-order valence-corrected chi connectivity index (χ4v) is 3.90. The van der Waals surface area contributed by atoms with Gasteiger partial charge in [-0.25, -0.2) is 0 Å². The molecular formula is C17H23ClN2S. The van der Waals surface area contributed by atoms with Crippen molar-refractivity contribution in [2.24, 2.45) is 5.73 Å². The summed E-state index contributed by atoms with van der Waals surface area (Å²) in [6.07, 6.45) is 0.933. The fourth-order valence-electron chi connectivity index (χ4n) is 2.65. The number of nitrogens with two attached hydrogens (primary N) is 1. The molecule has 0 radical (unpaired) electrons. The Morgan fingerprint density at radius 1 is 1.24 bits per heavy atom. The first-order chi connectivity index (χ1) is 10.1. The van der Waals surface area contributed by atoms with Gasteiger partial charge in [-0.1, -0.05) is 30.7 Å². The smallest absolute Gasteiger partial charge is 0.0932 e. The van der Waals surface area contributed by atoms with E-state index in [1.807, 2.05) is 6.07 Å². The Bertz CT molecular complexity index is 582. The summed E-state index contributed by atoms with van der Waals surface area (Å²) >= 11 is 7.76. The molecule has 114 valence electrons. The van der Waals surface area contributed by atoms with Crippen molar-refractivity contribution in [1.29, 1.82) is 0 Å². The minimum Gasteiger partial charge on any atom is -0.362 e. The van der Waals surface area contributed by atoms with Crippen LogP contribution >= 0.6 is 22.9 Å². The maximum absolute atomic E-state index is 6.43. The maximum Gasteiger partial charge on any atom is 0.0932 e. The Balaban J connectivity index is 2.42. The Labute approximate surface area is 136 Å². The van der Waals surface area contributed by atoms with Crippen LogP contribution in [0.2, 0.25) is 4.34 Å². The first-order valence-electron chi connectivity index (χ1n) is 7.41. The second-order valence-corrected chi connectivity index (χ2v) is 7.03. The molecule has 21 heavy (non-hydrogen) atoms. The van der Waals surface area contributed by atoms with Crippen molar-refractivity contribution in [3.63, 3.8) is 0 Å². The molecule has 2 N–H and O–H groups in total. The maximum atomic E-state index is 6.43. The summed E-state index contributed by atoms with van der Waals surface area (Å²) < 4.78 is 0.818. The number of benzene rings is 1. The lowest BCUT2D eigenvalue weighted by molar-refractivity contribution is 0.501. The van der Waals surface area contributed by atoms with E-state index in [0.29, 0.717) is 0 Å². The highest BCUT2D eigenvalue weighted by Crippen LogP contribution is 2.35. The third kappa shape index (κ3) is 3.79. The van der Waals surface area contributed by atoms with E-state index in [-0.39, 0.29) is 12.1 Å². The van der Waals surface area contributed by atoms with E-state index in [1.54, 1.807) is 11.3 Å². The van der Waals surface area contributed by atoms with Gasteiger partial charge in [0.2, 0.25) is 0 Å². The Morgan fingerprint density at radius 2 is 2.00 bits per heavy atom. The van der Waals surface area contributed by atoms with Crippen LogP contribution in [0.5, 0.6) is 0 Å². The van der Waals surface area contributed by atoms with Crippen LogP contribution in [0.25, 0.3) is 0 Å². The van der Waals surface area contributed by atoms with Gasteiger partial charge in [0.1, 0.15) is 0 Å². The molecule has 0 aliphatic carbocycles. The summed E-state index contributed by atoms with van der Waals surface area (Å²) in [5, 5.41) is 0. The lowest BCUT2D eigenvalue weighted by Crippen LogP contribution is -2.40. The van der Waals surface area contributed by atoms with Crippen LogP contribution in [-0.4, -0.2) is 12.6 Å². The van der Waals surface area contributed by atoms with Crippen LogP contribution in [0.4, 0.5) is 5.69 Å². The molecule has 0 aliphatic heterocycles. The number of hydrogen-bond acceptors (Lipinski definition) is 3. The zero-order chi connectivity index (χ0) is 15.4. The predicted molar refractivity (Wildman–Crippen MR) is 94.5 cm³/mol. The SMILES string of the molecule is CCC(N)C(c1ccc(Cl)s1)N(CC)c1cccc(C)c1. The fraction of sp³-hybridized carbons (Fsp3) is 0.412. The van der Waals surface area contributed by atoms with Crippen molar-refractivity contribution < 1.29 is 0 Å². The number of nitrogens with zero attached hydrogens (tertiary/aromatic N) is 1. The molecular weight excluding hydrogens is 300 g/mol. The van der Waals surface area contributed by atoms with Crippen molar-refractivity contribution >= 4 is 28.6 Å². The number of likely N-dealkylation sites (N-methyl/N-ethyl adjacent to an activating group) is 1. The Hall–Kier alpha value is -1.03. The molecule has 0 saturated heterocycles. The molecule has 2 unspecified atom stereocenters. The standard InChI is InChI=1S/C17H23ClN2S/c1-4-14(19)17(15-9-10-16(18)21-15)20(5-2)13-8-6-7-12(3)11-13/h6-11,14,17H,4-5,19H2,1-3H3. The first-order valence-corrected chi connectivity index (χ1v) is 8.60. The minimum absolute atomic E-state index is 0.0835. The highest BCUT2D eigenvalue weighted by molar-refractivity contribution is 7.16. The Morgan fingerprint density at radius 3 is 2.52 bits per heavy atom. The van der Waals surface area contributed by atoms with Crippen molar-refractivity contribution in [3.05, 3.63) is 51.2 Å². The zero-order valence-corrected chi connectivity index (χ0v) is 14.4. The average Bonchev–Trinajstić information content (AvgIpc) is 2.89. The molecule has 2 rings (SSSR count). The molecule has 0 bridgehead atoms. The first kappa shape index (κ1) is 16.3. The lowest BCUT2D eigenvalue weighted by atomic mass is 10.0. The van der Waals surface area contributed by atoms with E-state index < -0.39 is 0 Å². The molecule has 0 spiro atoms. The molecule has 1 heterocycles. The third-order valence-electron chi connectivity index (χ3n) is 3.77. The molecule has 0 amide bonds. The molecule has 0 fully saturated rings. The molecule has 0 saturated carbocycles. The third-order valence-corrected chi connectivity index (χ3v) is 5.07. The van der Waals surface area contributed by atoms with Gasteiger partial charge in [-0.05, 0) is 50.1 Å². The number of rotatable bonds is 6. The van der Waals surface area contributed by atoms with Crippen LogP contribution in [0.1, 0.15) is 36.8 Å². The van der Waals surface area contributed by atoms with Crippen LogP contribution in [0.3, 0.4) is 0 Å². The highest BCUT2D eigenvalue weighted by atomic mass is 35.5. The van der Waals surface area contributed by atoms with E-state index in [4.69, 9.17) is 17.3 Å². The summed E-state index contributed by atoms with van der Waals surface area (Å²) in [5.41, 5.74) is 8.91. The van der Waals surface area contributed by atoms with Gasteiger partial charge in [0.25, 0.3) is 0 Å². The van der Waals surface area contributed by atoms with Gasteiger partial charge in [-0.2, -0.15) is 0 Å². The van der Waals surface area contributed by atoms with Crippen LogP contribution in [0.15, 0.2) is 36.4 Å². The van der Waals surface area contributed by atoms with Gasteiger partial charge < -0.3 is 10.6 Å². The second-order valence-electron chi connectivity index (χ2n) is 5.28. The van der Waals surface area contributed by atoms with E-state index in [2.05, 4.69) is 56.0 Å². The van der Waals surface area contributed by atoms with Gasteiger partial charge in [0, 0.05) is 23.2 Å². The summed E-state index contributed by atoms with van der Waals surface area (Å²) in [6.45, 7) is 7.34. The summed E-state index contributed by atoms with van der Waals surface area (Å²) in [5.74, 6) is 0. The van der Waals surface area contributed by atoms with E-state index in [9.17, 15) is 0 Å². The molecule has 1 aromatic carbocycles. The molecule has 2 atom stereocenters. The monoisotopic (exact) mass is 322 g/mol. The second kappa shape index (κ2) is 7.30. The van der Waals surface area contributed by atoms with Gasteiger partial charge in [0.05, 0.1) is 10.4 Å². The lowest BCUT2D eigenvalue weighted by Gasteiger charge is -2.36. The molecule has 0 aliphatic rings. The van der Waals surface area contributed by atoms with Crippen LogP contribution < -0.4 is 10.6 Å². The Kier molecular flexibility index (Phi) is 5.68. The van der Waals surface area contributed by atoms with Crippen molar-refractivity contribution in [2.45, 2.75) is 39.3 Å². The highest BCUT2D eigenvalue weighted by Gasteiger charge is 2.26. The van der Waals surface area contributed by atoms with Gasteiger partial charge in [0.15, 0.2) is 0 Å². The topological polar surface area (TPSA) is 29.3 Å². The average molecular weight is 323 g/mol. The number of thiophene rings is 1. The predicted octanol–water partition coefficient (Wildman–Crippen LogP) is 5.01. The van der Waals surface area contributed by atoms with Crippen molar-refractivity contribution in [2.75, 3.05) is 11.4 Å². The van der Waals surface area contributed by atoms with Crippen molar-refractivity contribution in [1.82, 2.24) is 0 Å². The largest absolute Gasteiger partial charge is 0.362 e. The molecule has 2 aromatic rings. The van der Waals surface area contributed by atoms with E-state index in [0.717, 1.165) is 17.3 Å². The van der Waals surface area contributed by atoms with Gasteiger partial charge in [-0.3, -0.25) is 0 Å². The number of anilines is 1. The minimum atomic E-state index is 0.0835. The summed E-state index contributed by atoms with van der Waals surface area (Å²) in [7, 11) is 0. The van der Waals surface area contributed by atoms with Crippen molar-refractivity contribution in [3.8, 4) is 0 Å². The van der Waals surface area contributed by atoms with Gasteiger partial charge in [-0.15, -0.1) is 11.3 Å². The molecule has 2 nitrogen and oxygen atoms in total. The number of halogens is 1. The van der Waals surface area contributed by atoms with Crippen LogP contribution in [0, 0.1) is 6.92 Å². The number of aryl methyl sites for hydroxylation is 1. The summed E-state index contributed by atoms with van der Waals surface area (Å²) in [4.78, 5) is 3.61. The van der Waals surface area contributed by atoms with E-state index >= 15 is 0 Å².